The molecule has 0 N–H and O–H groups in total. The maximum atomic E-state index is 2.45. The van der Waals surface area contributed by atoms with Crippen LogP contribution in [0.2, 0.25) is 0 Å². The van der Waals surface area contributed by atoms with Crippen molar-refractivity contribution < 1.29 is 0 Å². The van der Waals surface area contributed by atoms with Crippen LogP contribution in [0.25, 0.3) is 108 Å². The van der Waals surface area contributed by atoms with E-state index in [-0.39, 0.29) is 0 Å². The fourth-order valence-corrected chi connectivity index (χ4v) is 11.6. The minimum Gasteiger partial charge on any atom is -0.309 e. The Hall–Kier alpha value is -8.56. The van der Waals surface area contributed by atoms with Gasteiger partial charge in [-0.05, 0) is 136 Å². The van der Waals surface area contributed by atoms with Crippen LogP contribution in [0, 0.1) is 0 Å². The lowest BCUT2D eigenvalue weighted by atomic mass is 9.84. The van der Waals surface area contributed by atoms with Gasteiger partial charge in [0.05, 0.1) is 10.4 Å². The maximum absolute atomic E-state index is 2.45. The lowest BCUT2D eigenvalue weighted by Gasteiger charge is -2.27. The Morgan fingerprint density at radius 1 is 0.250 bits per heavy atom. The first-order chi connectivity index (χ1) is 33.7. The molecule has 0 aliphatic carbocycles. The second-order valence-electron chi connectivity index (χ2n) is 17.6. The third-order valence-corrected chi connectivity index (χ3v) is 14.8. The normalized spacial score (nSPS) is 11.5. The van der Waals surface area contributed by atoms with Gasteiger partial charge >= 0.3 is 0 Å². The molecule has 0 aliphatic rings. The van der Waals surface area contributed by atoms with Crippen LogP contribution in [-0.2, 0) is 0 Å². The highest BCUT2D eigenvalue weighted by atomic mass is 32.1. The van der Waals surface area contributed by atoms with Crippen molar-refractivity contribution in [2.75, 3.05) is 4.90 Å². The molecule has 0 fully saturated rings. The van der Waals surface area contributed by atoms with Crippen molar-refractivity contribution in [3.63, 3.8) is 0 Å². The molecule has 1 nitrogen and oxygen atoms in total. The predicted octanol–water partition coefficient (Wildman–Crippen LogP) is 19.3. The largest absolute Gasteiger partial charge is 0.309 e. The zero-order valence-electron chi connectivity index (χ0n) is 37.2. The van der Waals surface area contributed by atoms with Gasteiger partial charge < -0.3 is 4.90 Å². The summed E-state index contributed by atoms with van der Waals surface area (Å²) in [5, 5.41) is 10.1. The summed E-state index contributed by atoms with van der Waals surface area (Å²) in [5.41, 5.74) is 15.5. The number of fused-ring (bicyclic) bond motifs is 7. The SMILES string of the molecule is c1ccc(-c2c(-c3ccccc3)c3cc(-c4cccc(N(c5ccc(-c6ccc(-c7ccc8ccccc8c7)cc6)cc5)c5cccc6c5sc5ccccc56)c4)ccc3c3ccccc23)cc1. The summed E-state index contributed by atoms with van der Waals surface area (Å²) >= 11 is 1.87. The first-order valence-corrected chi connectivity index (χ1v) is 24.1. The molecule has 0 aliphatic heterocycles. The minimum absolute atomic E-state index is 1.10. The number of thiophene rings is 1. The van der Waals surface area contributed by atoms with Crippen molar-refractivity contribution >= 4 is 80.9 Å². The number of rotatable bonds is 8. The zero-order valence-corrected chi connectivity index (χ0v) is 38.0. The molecule has 1 aromatic heterocycles. The summed E-state index contributed by atoms with van der Waals surface area (Å²) in [4.78, 5) is 2.45. The van der Waals surface area contributed by atoms with E-state index in [1.807, 2.05) is 11.3 Å². The van der Waals surface area contributed by atoms with E-state index < -0.39 is 0 Å². The van der Waals surface area contributed by atoms with Gasteiger partial charge in [0, 0.05) is 26.8 Å². The lowest BCUT2D eigenvalue weighted by Crippen LogP contribution is -2.10. The fourth-order valence-electron chi connectivity index (χ4n) is 10.4. The third kappa shape index (κ3) is 6.93. The van der Waals surface area contributed by atoms with Gasteiger partial charge in [-0.15, -0.1) is 11.3 Å². The van der Waals surface area contributed by atoms with E-state index in [2.05, 4.69) is 266 Å². The quantitative estimate of drug-likeness (QED) is 0.137. The summed E-state index contributed by atoms with van der Waals surface area (Å²) in [5.74, 6) is 0. The van der Waals surface area contributed by atoms with E-state index >= 15 is 0 Å². The molecule has 2 heteroatoms. The van der Waals surface area contributed by atoms with Crippen molar-refractivity contribution in [3.8, 4) is 55.6 Å². The molecule has 0 saturated heterocycles. The van der Waals surface area contributed by atoms with Gasteiger partial charge in [-0.3, -0.25) is 0 Å². The van der Waals surface area contributed by atoms with Crippen molar-refractivity contribution in [2.24, 2.45) is 0 Å². The van der Waals surface area contributed by atoms with Crippen LogP contribution >= 0.6 is 11.3 Å². The van der Waals surface area contributed by atoms with Gasteiger partial charge in [0.25, 0.3) is 0 Å². The number of benzene rings is 12. The summed E-state index contributed by atoms with van der Waals surface area (Å²) in [6.45, 7) is 0. The number of hydrogen-bond acceptors (Lipinski definition) is 2. The Bertz CT molecular complexity index is 4000. The molecular formula is C66H43NS. The first-order valence-electron chi connectivity index (χ1n) is 23.3. The van der Waals surface area contributed by atoms with Crippen LogP contribution < -0.4 is 4.90 Å². The molecular weight excluding hydrogens is 839 g/mol. The van der Waals surface area contributed by atoms with Crippen molar-refractivity contribution in [3.05, 3.63) is 261 Å². The van der Waals surface area contributed by atoms with Gasteiger partial charge in [0.15, 0.2) is 0 Å². The first kappa shape index (κ1) is 39.8. The van der Waals surface area contributed by atoms with Crippen LogP contribution in [0.3, 0.4) is 0 Å². The molecule has 0 saturated carbocycles. The molecule has 0 amide bonds. The molecule has 0 bridgehead atoms. The minimum atomic E-state index is 1.10. The van der Waals surface area contributed by atoms with Gasteiger partial charge in [-0.1, -0.05) is 212 Å². The number of nitrogens with zero attached hydrogens (tertiary/aromatic N) is 1. The van der Waals surface area contributed by atoms with E-state index in [1.165, 1.54) is 103 Å². The van der Waals surface area contributed by atoms with E-state index in [4.69, 9.17) is 0 Å². The van der Waals surface area contributed by atoms with Crippen LogP contribution in [0.15, 0.2) is 261 Å². The van der Waals surface area contributed by atoms with Gasteiger partial charge in [-0.25, -0.2) is 0 Å². The molecule has 13 rings (SSSR count). The Labute approximate surface area is 400 Å². The van der Waals surface area contributed by atoms with Crippen molar-refractivity contribution in [2.45, 2.75) is 0 Å². The monoisotopic (exact) mass is 881 g/mol. The van der Waals surface area contributed by atoms with Crippen LogP contribution in [0.5, 0.6) is 0 Å². The molecule has 0 spiro atoms. The number of anilines is 3. The van der Waals surface area contributed by atoms with Crippen molar-refractivity contribution in [1.29, 1.82) is 0 Å². The second-order valence-corrected chi connectivity index (χ2v) is 18.7. The highest BCUT2D eigenvalue weighted by Gasteiger charge is 2.21. The molecule has 0 unspecified atom stereocenters. The van der Waals surface area contributed by atoms with E-state index in [1.54, 1.807) is 0 Å². The lowest BCUT2D eigenvalue weighted by molar-refractivity contribution is 1.30. The topological polar surface area (TPSA) is 3.24 Å². The second kappa shape index (κ2) is 16.7. The smallest absolute Gasteiger partial charge is 0.0640 e. The molecule has 0 atom stereocenters. The Balaban J connectivity index is 0.944. The van der Waals surface area contributed by atoms with Crippen molar-refractivity contribution in [1.82, 2.24) is 0 Å². The Morgan fingerprint density at radius 2 is 0.750 bits per heavy atom. The highest BCUT2D eigenvalue weighted by Crippen LogP contribution is 2.48. The average molecular weight is 882 g/mol. The van der Waals surface area contributed by atoms with Gasteiger partial charge in [0.1, 0.15) is 0 Å². The molecule has 68 heavy (non-hydrogen) atoms. The summed E-state index contributed by atoms with van der Waals surface area (Å²) in [7, 11) is 0. The van der Waals surface area contributed by atoms with Gasteiger partial charge in [-0.2, -0.15) is 0 Å². The number of hydrogen-bond donors (Lipinski definition) is 0. The molecule has 13 aromatic rings. The third-order valence-electron chi connectivity index (χ3n) is 13.6. The average Bonchev–Trinajstić information content (AvgIpc) is 3.81. The van der Waals surface area contributed by atoms with E-state index in [0.717, 1.165) is 22.6 Å². The zero-order chi connectivity index (χ0) is 45.0. The Kier molecular flexibility index (Phi) is 9.77. The summed E-state index contributed by atoms with van der Waals surface area (Å²) in [6, 6.07) is 95.7. The molecule has 1 heterocycles. The summed E-state index contributed by atoms with van der Waals surface area (Å²) < 4.78 is 2.56. The van der Waals surface area contributed by atoms with Gasteiger partial charge in [0.2, 0.25) is 0 Å². The van der Waals surface area contributed by atoms with E-state index in [9.17, 15) is 0 Å². The van der Waals surface area contributed by atoms with Crippen LogP contribution in [-0.4, -0.2) is 0 Å². The standard InChI is InChI=1S/C66H43NS/c1-3-16-48(17-4-1)64-59-25-10-9-23-56(59)57-40-37-53(43-61(57)65(64)49-18-5-2-6-19-49)51-21-13-22-55(42-51)67(62-27-14-26-60-58-24-11-12-28-63(58)68-66(60)62)54-38-35-46(36-39-54)45-29-31-47(32-30-45)52-34-33-44-15-7-8-20-50(44)41-52/h1-43H. The highest BCUT2D eigenvalue weighted by molar-refractivity contribution is 7.26. The molecule has 0 radical (unpaired) electrons. The van der Waals surface area contributed by atoms with E-state index in [0.29, 0.717) is 0 Å². The van der Waals surface area contributed by atoms with Crippen LogP contribution in [0.4, 0.5) is 17.1 Å². The fraction of sp³-hybridized carbons (Fsp3) is 0. The molecule has 12 aromatic carbocycles. The van der Waals surface area contributed by atoms with Crippen LogP contribution in [0.1, 0.15) is 0 Å². The molecule has 318 valence electrons. The summed E-state index contributed by atoms with van der Waals surface area (Å²) in [6.07, 6.45) is 0. The Morgan fingerprint density at radius 3 is 1.50 bits per heavy atom. The predicted molar refractivity (Wildman–Crippen MR) is 294 cm³/mol. The maximum Gasteiger partial charge on any atom is 0.0640 e.